The fourth-order valence-corrected chi connectivity index (χ4v) is 7.94. The van der Waals surface area contributed by atoms with Crippen LogP contribution in [0.3, 0.4) is 0 Å². The summed E-state index contributed by atoms with van der Waals surface area (Å²) >= 11 is 1.38. The molecule has 0 N–H and O–H groups in total. The lowest BCUT2D eigenvalue weighted by atomic mass is 9.48. The predicted octanol–water partition coefficient (Wildman–Crippen LogP) is 5.46. The Balaban J connectivity index is 1.30. The van der Waals surface area contributed by atoms with Crippen LogP contribution in [0.15, 0.2) is 58.5 Å². The first-order chi connectivity index (χ1) is 16.0. The molecule has 4 aliphatic rings. The zero-order valence-electron chi connectivity index (χ0n) is 18.5. The van der Waals surface area contributed by atoms with E-state index in [-0.39, 0.29) is 16.8 Å². The number of thioether (sulfide) groups is 1. The van der Waals surface area contributed by atoms with Gasteiger partial charge in [0.15, 0.2) is 5.16 Å². The summed E-state index contributed by atoms with van der Waals surface area (Å²) in [4.78, 5) is 31.7. The van der Waals surface area contributed by atoms with Crippen molar-refractivity contribution in [3.63, 3.8) is 0 Å². The zero-order chi connectivity index (χ0) is 22.6. The molecule has 0 unspecified atom stereocenters. The highest BCUT2D eigenvalue weighted by Gasteiger charge is 2.54. The van der Waals surface area contributed by atoms with Crippen molar-refractivity contribution in [2.75, 3.05) is 5.75 Å². The molecule has 170 valence electrons. The van der Waals surface area contributed by atoms with Crippen molar-refractivity contribution in [2.24, 2.45) is 23.2 Å². The molecule has 33 heavy (non-hydrogen) atoms. The summed E-state index contributed by atoms with van der Waals surface area (Å²) in [7, 11) is 0. The number of hydrogen-bond donors (Lipinski definition) is 0. The Bertz CT molecular complexity index is 1250. The fourth-order valence-electron chi connectivity index (χ4n) is 6.91. The molecule has 0 radical (unpaired) electrons. The normalized spacial score (nSPS) is 27.8. The van der Waals surface area contributed by atoms with Gasteiger partial charge >= 0.3 is 0 Å². The van der Waals surface area contributed by atoms with E-state index in [0.717, 1.165) is 42.6 Å². The van der Waals surface area contributed by atoms with Gasteiger partial charge in [0, 0.05) is 5.41 Å². The number of fused-ring (bicyclic) bond motifs is 1. The van der Waals surface area contributed by atoms with E-state index in [1.54, 1.807) is 22.8 Å². The van der Waals surface area contributed by atoms with E-state index in [1.165, 1.54) is 43.2 Å². The van der Waals surface area contributed by atoms with Crippen molar-refractivity contribution >= 4 is 28.4 Å². The molecule has 2 aromatic carbocycles. The van der Waals surface area contributed by atoms with Crippen LogP contribution in [0.25, 0.3) is 10.9 Å². The Hall–Kier alpha value is -2.47. The van der Waals surface area contributed by atoms with Gasteiger partial charge in [-0.2, -0.15) is 0 Å². The van der Waals surface area contributed by atoms with E-state index in [2.05, 4.69) is 0 Å². The minimum absolute atomic E-state index is 0.130. The van der Waals surface area contributed by atoms with E-state index >= 15 is 0 Å². The minimum atomic E-state index is -0.307. The molecule has 4 fully saturated rings. The van der Waals surface area contributed by atoms with Crippen molar-refractivity contribution in [1.29, 1.82) is 0 Å². The predicted molar refractivity (Wildman–Crippen MR) is 128 cm³/mol. The van der Waals surface area contributed by atoms with Gasteiger partial charge in [0.1, 0.15) is 11.6 Å². The van der Waals surface area contributed by atoms with Gasteiger partial charge in [-0.1, -0.05) is 36.0 Å². The average molecular weight is 463 g/mol. The Morgan fingerprint density at radius 2 is 1.64 bits per heavy atom. The van der Waals surface area contributed by atoms with Crippen LogP contribution >= 0.6 is 11.8 Å². The highest BCUT2D eigenvalue weighted by Crippen LogP contribution is 2.60. The SMILES string of the molecule is O=C(CSc1nc2ccccc2c(=O)n1Cc1ccc(F)cc1)C12CC3CC(CC(C3)C1)C2. The smallest absolute Gasteiger partial charge is 0.262 e. The summed E-state index contributed by atoms with van der Waals surface area (Å²) in [6.07, 6.45) is 7.07. The molecular formula is C27H27FN2O2S. The number of carbonyl (C=O) groups excluding carboxylic acids is 1. The molecule has 0 atom stereocenters. The van der Waals surface area contributed by atoms with Crippen LogP contribution in [0.5, 0.6) is 0 Å². The van der Waals surface area contributed by atoms with E-state index in [0.29, 0.717) is 34.1 Å². The molecule has 4 bridgehead atoms. The summed E-state index contributed by atoms with van der Waals surface area (Å²) in [5, 5.41) is 1.11. The number of hydrogen-bond acceptors (Lipinski definition) is 4. The van der Waals surface area contributed by atoms with Crippen molar-refractivity contribution in [3.8, 4) is 0 Å². The third-order valence-corrected chi connectivity index (χ3v) is 9.02. The maximum atomic E-state index is 13.5. The Labute approximate surface area is 196 Å². The summed E-state index contributed by atoms with van der Waals surface area (Å²) in [5.41, 5.74) is 1.18. The topological polar surface area (TPSA) is 52.0 Å². The number of ketones is 1. The Morgan fingerprint density at radius 1 is 1.00 bits per heavy atom. The van der Waals surface area contributed by atoms with Crippen molar-refractivity contribution in [1.82, 2.24) is 9.55 Å². The highest BCUT2D eigenvalue weighted by atomic mass is 32.2. The molecule has 4 aliphatic carbocycles. The molecule has 0 saturated heterocycles. The Kier molecular flexibility index (Phi) is 5.17. The third kappa shape index (κ3) is 3.82. The van der Waals surface area contributed by atoms with Crippen LogP contribution < -0.4 is 5.56 Å². The molecule has 7 rings (SSSR count). The average Bonchev–Trinajstić information content (AvgIpc) is 2.80. The number of rotatable bonds is 6. The first kappa shape index (κ1) is 21.1. The van der Waals surface area contributed by atoms with Crippen molar-refractivity contribution in [2.45, 2.75) is 50.2 Å². The molecule has 3 aromatic rings. The number of nitrogens with zero attached hydrogens (tertiary/aromatic N) is 2. The molecule has 0 aliphatic heterocycles. The van der Waals surface area contributed by atoms with Crippen LogP contribution in [0, 0.1) is 29.0 Å². The van der Waals surface area contributed by atoms with Gasteiger partial charge in [0.25, 0.3) is 5.56 Å². The van der Waals surface area contributed by atoms with Crippen LogP contribution in [0.4, 0.5) is 4.39 Å². The van der Waals surface area contributed by atoms with Crippen molar-refractivity contribution < 1.29 is 9.18 Å². The summed E-state index contributed by atoms with van der Waals surface area (Å²) in [6.45, 7) is 0.296. The van der Waals surface area contributed by atoms with E-state index in [4.69, 9.17) is 4.98 Å². The van der Waals surface area contributed by atoms with Crippen LogP contribution in [-0.4, -0.2) is 21.1 Å². The first-order valence-electron chi connectivity index (χ1n) is 11.9. The van der Waals surface area contributed by atoms with Gasteiger partial charge in [-0.15, -0.1) is 0 Å². The minimum Gasteiger partial charge on any atom is -0.298 e. The maximum Gasteiger partial charge on any atom is 0.262 e. The second kappa shape index (κ2) is 8.08. The van der Waals surface area contributed by atoms with E-state index in [9.17, 15) is 14.0 Å². The highest BCUT2D eigenvalue weighted by molar-refractivity contribution is 7.99. The monoisotopic (exact) mass is 462 g/mol. The molecular weight excluding hydrogens is 435 g/mol. The molecule has 1 heterocycles. The van der Waals surface area contributed by atoms with Gasteiger partial charge in [-0.25, -0.2) is 9.37 Å². The lowest BCUT2D eigenvalue weighted by Gasteiger charge is -2.56. The summed E-state index contributed by atoms with van der Waals surface area (Å²) < 4.78 is 15.0. The number of halogens is 1. The quantitative estimate of drug-likeness (QED) is 0.361. The third-order valence-electron chi connectivity index (χ3n) is 8.04. The number of para-hydroxylation sites is 1. The van der Waals surface area contributed by atoms with Gasteiger partial charge in [0.05, 0.1) is 23.2 Å². The van der Waals surface area contributed by atoms with Crippen LogP contribution in [0.2, 0.25) is 0 Å². The maximum absolute atomic E-state index is 13.5. The number of aromatic nitrogens is 2. The standard InChI is InChI=1S/C27H27FN2O2S/c28-21-7-5-17(6-8-21)15-30-25(32)22-3-1-2-4-23(22)29-26(30)33-16-24(31)27-12-18-9-19(13-27)11-20(10-18)14-27/h1-8,18-20H,9-16H2. The molecule has 0 spiro atoms. The van der Waals surface area contributed by atoms with Gasteiger partial charge in [-0.05, 0) is 86.1 Å². The van der Waals surface area contributed by atoms with E-state index < -0.39 is 0 Å². The number of benzene rings is 2. The summed E-state index contributed by atoms with van der Waals surface area (Å²) in [6, 6.07) is 13.5. The molecule has 6 heteroatoms. The lowest BCUT2D eigenvalue weighted by molar-refractivity contribution is -0.141. The van der Waals surface area contributed by atoms with Gasteiger partial charge in [0.2, 0.25) is 0 Å². The molecule has 4 nitrogen and oxygen atoms in total. The van der Waals surface area contributed by atoms with E-state index in [1.807, 2.05) is 18.2 Å². The van der Waals surface area contributed by atoms with Gasteiger partial charge < -0.3 is 0 Å². The number of carbonyl (C=O) groups is 1. The number of Topliss-reactive ketones (excluding diaryl/α,β-unsaturated/α-hetero) is 1. The molecule has 0 amide bonds. The lowest BCUT2D eigenvalue weighted by Crippen LogP contribution is -2.50. The van der Waals surface area contributed by atoms with Gasteiger partial charge in [-0.3, -0.25) is 14.2 Å². The molecule has 1 aromatic heterocycles. The first-order valence-corrected chi connectivity index (χ1v) is 12.9. The van der Waals surface area contributed by atoms with Crippen molar-refractivity contribution in [3.05, 3.63) is 70.3 Å². The summed E-state index contributed by atoms with van der Waals surface area (Å²) in [5.74, 6) is 2.54. The largest absolute Gasteiger partial charge is 0.298 e. The second-order valence-electron chi connectivity index (χ2n) is 10.3. The van der Waals surface area contributed by atoms with Crippen LogP contribution in [-0.2, 0) is 11.3 Å². The molecule has 4 saturated carbocycles. The Morgan fingerprint density at radius 3 is 2.30 bits per heavy atom. The zero-order valence-corrected chi connectivity index (χ0v) is 19.3. The fraction of sp³-hybridized carbons (Fsp3) is 0.444. The second-order valence-corrected chi connectivity index (χ2v) is 11.3. The van der Waals surface area contributed by atoms with Crippen LogP contribution in [0.1, 0.15) is 44.1 Å².